The Balaban J connectivity index is 2.38. The summed E-state index contributed by atoms with van der Waals surface area (Å²) < 4.78 is 0. The predicted octanol–water partition coefficient (Wildman–Crippen LogP) is 2.65. The number of aromatic nitrogens is 1. The molecule has 0 aliphatic carbocycles. The van der Waals surface area contributed by atoms with Crippen molar-refractivity contribution in [2.24, 2.45) is 0 Å². The maximum absolute atomic E-state index is 10.9. The minimum atomic E-state index is -1.26. The van der Waals surface area contributed by atoms with Gasteiger partial charge in [0.2, 0.25) is 0 Å². The van der Waals surface area contributed by atoms with Gasteiger partial charge in [-0.1, -0.05) is 42.5 Å². The number of hydrogen-bond donors (Lipinski definition) is 2. The lowest BCUT2D eigenvalue weighted by molar-refractivity contribution is 0.0685. The monoisotopic (exact) mass is 269 g/mol. The largest absolute Gasteiger partial charge is 0.477 e. The number of aromatic carboxylic acids is 2. The van der Waals surface area contributed by atoms with Gasteiger partial charge in [-0.25, -0.2) is 14.6 Å². The molecular formula is C15H11NO4. The molecule has 0 atom stereocenters. The highest BCUT2D eigenvalue weighted by Gasteiger charge is 2.12. The second-order valence-corrected chi connectivity index (χ2v) is 4.03. The maximum atomic E-state index is 10.9. The molecule has 0 spiro atoms. The molecule has 0 amide bonds. The van der Waals surface area contributed by atoms with Crippen LogP contribution in [0, 0.1) is 0 Å². The summed E-state index contributed by atoms with van der Waals surface area (Å²) in [6, 6.07) is 12.0. The Labute approximate surface area is 114 Å². The average molecular weight is 269 g/mol. The van der Waals surface area contributed by atoms with Gasteiger partial charge in [-0.05, 0) is 23.3 Å². The second-order valence-electron chi connectivity index (χ2n) is 4.03. The highest BCUT2D eigenvalue weighted by Crippen LogP contribution is 2.11. The van der Waals surface area contributed by atoms with Crippen LogP contribution in [0.5, 0.6) is 0 Å². The lowest BCUT2D eigenvalue weighted by Crippen LogP contribution is -2.07. The first kappa shape index (κ1) is 13.5. The number of pyridine rings is 1. The molecule has 0 aliphatic heterocycles. The molecule has 0 saturated heterocycles. The van der Waals surface area contributed by atoms with Gasteiger partial charge >= 0.3 is 11.9 Å². The normalized spacial score (nSPS) is 10.6. The second kappa shape index (κ2) is 5.79. The van der Waals surface area contributed by atoms with Crippen LogP contribution < -0.4 is 0 Å². The zero-order valence-corrected chi connectivity index (χ0v) is 10.4. The van der Waals surface area contributed by atoms with E-state index in [1.54, 1.807) is 12.2 Å². The molecule has 0 radical (unpaired) electrons. The van der Waals surface area contributed by atoms with E-state index in [0.29, 0.717) is 5.56 Å². The van der Waals surface area contributed by atoms with Crippen LogP contribution >= 0.6 is 0 Å². The van der Waals surface area contributed by atoms with Crippen molar-refractivity contribution in [3.8, 4) is 0 Å². The molecular weight excluding hydrogens is 258 g/mol. The Morgan fingerprint density at radius 2 is 1.35 bits per heavy atom. The van der Waals surface area contributed by atoms with Gasteiger partial charge in [0.1, 0.15) is 11.4 Å². The number of hydrogen-bond acceptors (Lipinski definition) is 3. The van der Waals surface area contributed by atoms with Crippen molar-refractivity contribution in [3.05, 3.63) is 65.0 Å². The minimum Gasteiger partial charge on any atom is -0.477 e. The first-order chi connectivity index (χ1) is 9.56. The van der Waals surface area contributed by atoms with Gasteiger partial charge < -0.3 is 10.2 Å². The van der Waals surface area contributed by atoms with Crippen molar-refractivity contribution in [3.63, 3.8) is 0 Å². The Morgan fingerprint density at radius 1 is 0.850 bits per heavy atom. The molecule has 5 nitrogen and oxygen atoms in total. The number of benzene rings is 1. The number of nitrogens with zero attached hydrogens (tertiary/aromatic N) is 1. The van der Waals surface area contributed by atoms with Crippen molar-refractivity contribution >= 4 is 24.1 Å². The third-order valence-corrected chi connectivity index (χ3v) is 2.55. The smallest absolute Gasteiger partial charge is 0.354 e. The number of carboxylic acids is 2. The SMILES string of the molecule is O=C(O)c1cc(C=Cc2ccccc2)cc(C(=O)O)n1. The molecule has 20 heavy (non-hydrogen) atoms. The molecule has 0 bridgehead atoms. The number of rotatable bonds is 4. The quantitative estimate of drug-likeness (QED) is 0.890. The van der Waals surface area contributed by atoms with E-state index >= 15 is 0 Å². The van der Waals surface area contributed by atoms with Crippen molar-refractivity contribution in [1.82, 2.24) is 4.98 Å². The van der Waals surface area contributed by atoms with Crippen LogP contribution in [0.2, 0.25) is 0 Å². The molecule has 0 saturated carbocycles. The Morgan fingerprint density at radius 3 is 1.85 bits per heavy atom. The van der Waals surface area contributed by atoms with E-state index in [1.807, 2.05) is 30.3 Å². The summed E-state index contributed by atoms with van der Waals surface area (Å²) in [6.45, 7) is 0. The molecule has 0 unspecified atom stereocenters. The van der Waals surface area contributed by atoms with Gasteiger partial charge in [-0.3, -0.25) is 0 Å². The Hall–Kier alpha value is -2.95. The van der Waals surface area contributed by atoms with E-state index in [0.717, 1.165) is 5.56 Å². The van der Waals surface area contributed by atoms with Gasteiger partial charge in [-0.2, -0.15) is 0 Å². The highest BCUT2D eigenvalue weighted by atomic mass is 16.4. The van der Waals surface area contributed by atoms with Crippen LogP contribution in [0.25, 0.3) is 12.2 Å². The Bertz CT molecular complexity index is 645. The van der Waals surface area contributed by atoms with Crippen molar-refractivity contribution in [2.75, 3.05) is 0 Å². The van der Waals surface area contributed by atoms with Crippen LogP contribution in [0.15, 0.2) is 42.5 Å². The molecule has 0 aliphatic rings. The van der Waals surface area contributed by atoms with Crippen LogP contribution in [0.4, 0.5) is 0 Å². The van der Waals surface area contributed by atoms with E-state index in [2.05, 4.69) is 4.98 Å². The standard InChI is InChI=1S/C15H11NO4/c17-14(18)12-8-11(9-13(16-12)15(19)20)7-6-10-4-2-1-3-5-10/h1-9H,(H,17,18)(H,19,20). The van der Waals surface area contributed by atoms with Gasteiger partial charge in [-0.15, -0.1) is 0 Å². The zero-order valence-electron chi connectivity index (χ0n) is 10.4. The predicted molar refractivity (Wildman–Crippen MR) is 73.5 cm³/mol. The van der Waals surface area contributed by atoms with Crippen LogP contribution in [0.1, 0.15) is 32.1 Å². The molecule has 1 aromatic heterocycles. The van der Waals surface area contributed by atoms with E-state index in [9.17, 15) is 9.59 Å². The lowest BCUT2D eigenvalue weighted by atomic mass is 10.1. The van der Waals surface area contributed by atoms with E-state index in [1.165, 1.54) is 12.1 Å². The summed E-state index contributed by atoms with van der Waals surface area (Å²) in [5, 5.41) is 17.8. The molecule has 2 N–H and O–H groups in total. The van der Waals surface area contributed by atoms with Crippen molar-refractivity contribution in [2.45, 2.75) is 0 Å². The number of carbonyl (C=O) groups is 2. The summed E-state index contributed by atoms with van der Waals surface area (Å²) in [7, 11) is 0. The maximum Gasteiger partial charge on any atom is 0.354 e. The third kappa shape index (κ3) is 3.29. The number of carboxylic acid groups (broad SMARTS) is 2. The first-order valence-electron chi connectivity index (χ1n) is 5.78. The van der Waals surface area contributed by atoms with Crippen LogP contribution in [0.3, 0.4) is 0 Å². The fraction of sp³-hybridized carbons (Fsp3) is 0. The highest BCUT2D eigenvalue weighted by molar-refractivity contribution is 5.91. The van der Waals surface area contributed by atoms with Gasteiger partial charge in [0.05, 0.1) is 0 Å². The van der Waals surface area contributed by atoms with Crippen LogP contribution in [-0.2, 0) is 0 Å². The summed E-state index contributed by atoms with van der Waals surface area (Å²) in [5.41, 5.74) is 0.812. The lowest BCUT2D eigenvalue weighted by Gasteiger charge is -2.00. The molecule has 100 valence electrons. The molecule has 2 rings (SSSR count). The van der Waals surface area contributed by atoms with E-state index < -0.39 is 11.9 Å². The van der Waals surface area contributed by atoms with E-state index in [4.69, 9.17) is 10.2 Å². The fourth-order valence-corrected chi connectivity index (χ4v) is 1.62. The van der Waals surface area contributed by atoms with Gasteiger partial charge in [0.15, 0.2) is 0 Å². The van der Waals surface area contributed by atoms with Crippen molar-refractivity contribution < 1.29 is 19.8 Å². The third-order valence-electron chi connectivity index (χ3n) is 2.55. The van der Waals surface area contributed by atoms with Crippen LogP contribution in [-0.4, -0.2) is 27.1 Å². The first-order valence-corrected chi connectivity index (χ1v) is 5.78. The molecule has 5 heteroatoms. The van der Waals surface area contributed by atoms with E-state index in [-0.39, 0.29) is 11.4 Å². The van der Waals surface area contributed by atoms with Gasteiger partial charge in [0, 0.05) is 0 Å². The average Bonchev–Trinajstić information content (AvgIpc) is 2.45. The Kier molecular flexibility index (Phi) is 3.91. The topological polar surface area (TPSA) is 87.5 Å². The molecule has 2 aromatic rings. The molecule has 1 aromatic carbocycles. The minimum absolute atomic E-state index is 0.294. The molecule has 0 fully saturated rings. The summed E-state index contributed by atoms with van der Waals surface area (Å²) in [4.78, 5) is 25.4. The zero-order chi connectivity index (χ0) is 14.5. The van der Waals surface area contributed by atoms with Crippen molar-refractivity contribution in [1.29, 1.82) is 0 Å². The van der Waals surface area contributed by atoms with Gasteiger partial charge in [0.25, 0.3) is 0 Å². The molecule has 1 heterocycles. The summed E-state index contributed by atoms with van der Waals surface area (Å²) in [5.74, 6) is -2.52. The fourth-order valence-electron chi connectivity index (χ4n) is 1.62. The summed E-state index contributed by atoms with van der Waals surface area (Å²) >= 11 is 0. The summed E-state index contributed by atoms with van der Waals surface area (Å²) in [6.07, 6.45) is 3.42.